The van der Waals surface area contributed by atoms with Gasteiger partial charge in [-0.15, -0.1) is 10.2 Å². The van der Waals surface area contributed by atoms with Crippen LogP contribution in [0.1, 0.15) is 12.0 Å². The van der Waals surface area contributed by atoms with Gasteiger partial charge >= 0.3 is 0 Å². The van der Waals surface area contributed by atoms with Crippen LogP contribution in [0, 0.1) is 0 Å². The van der Waals surface area contributed by atoms with E-state index in [9.17, 15) is 4.79 Å². The molecule has 3 heterocycles. The highest BCUT2D eigenvalue weighted by molar-refractivity contribution is 7.99. The number of amides is 1. The lowest BCUT2D eigenvalue weighted by Gasteiger charge is -2.16. The van der Waals surface area contributed by atoms with Gasteiger partial charge in [0.25, 0.3) is 11.1 Å². The topological polar surface area (TPSA) is 87.0 Å². The second-order valence-corrected chi connectivity index (χ2v) is 8.61. The Hall–Kier alpha value is -3.10. The number of carbonyl (C=O) groups excluding carboxylic acids is 1. The summed E-state index contributed by atoms with van der Waals surface area (Å²) >= 11 is 1.26. The third-order valence-corrected chi connectivity index (χ3v) is 6.26. The maximum atomic E-state index is 12.4. The van der Waals surface area contributed by atoms with Crippen molar-refractivity contribution in [3.63, 3.8) is 0 Å². The first-order chi connectivity index (χ1) is 15.2. The van der Waals surface area contributed by atoms with E-state index in [1.165, 1.54) is 17.3 Å². The van der Waals surface area contributed by atoms with Crippen LogP contribution in [-0.4, -0.2) is 50.9 Å². The van der Waals surface area contributed by atoms with Crippen LogP contribution in [-0.2, 0) is 11.3 Å². The number of fused-ring (bicyclic) bond motifs is 1. The van der Waals surface area contributed by atoms with Crippen molar-refractivity contribution in [1.29, 1.82) is 0 Å². The lowest BCUT2D eigenvalue weighted by Crippen LogP contribution is -2.37. The fourth-order valence-corrected chi connectivity index (χ4v) is 4.53. The molecule has 4 aromatic rings. The lowest BCUT2D eigenvalue weighted by atomic mass is 10.2. The molecule has 2 N–H and O–H groups in total. The van der Waals surface area contributed by atoms with Gasteiger partial charge in [-0.1, -0.05) is 60.3 Å². The molecular formula is C23H23N5O2S. The number of aromatic nitrogens is 3. The third kappa shape index (κ3) is 4.65. The number of hydrogen-bond donors (Lipinski definition) is 2. The van der Waals surface area contributed by atoms with Gasteiger partial charge in [0.15, 0.2) is 0 Å². The van der Waals surface area contributed by atoms with Crippen molar-refractivity contribution in [3.05, 3.63) is 66.4 Å². The van der Waals surface area contributed by atoms with Crippen LogP contribution in [0.5, 0.6) is 0 Å². The molecule has 158 valence electrons. The summed E-state index contributed by atoms with van der Waals surface area (Å²) in [5.74, 6) is 0.696. The second-order valence-electron chi connectivity index (χ2n) is 7.68. The number of thioether (sulfide) groups is 1. The Morgan fingerprint density at radius 1 is 1.16 bits per heavy atom. The largest absolute Gasteiger partial charge is 0.411 e. The van der Waals surface area contributed by atoms with Gasteiger partial charge in [-0.2, -0.15) is 0 Å². The number of aromatic amines is 1. The average Bonchev–Trinajstić information content (AvgIpc) is 3.53. The van der Waals surface area contributed by atoms with E-state index in [1.54, 1.807) is 0 Å². The molecule has 5 rings (SSSR count). The number of benzene rings is 2. The fraction of sp³-hybridized carbons (Fsp3) is 0.261. The second kappa shape index (κ2) is 8.95. The summed E-state index contributed by atoms with van der Waals surface area (Å²) in [6.45, 7) is 2.78. The van der Waals surface area contributed by atoms with Crippen molar-refractivity contribution in [2.45, 2.75) is 24.2 Å². The SMILES string of the molecule is O=C(CSc1nnc(-c2c[nH]c3ccccc23)o1)NC1CCN(Cc2ccccc2)C1. The molecule has 1 amide bonds. The zero-order valence-electron chi connectivity index (χ0n) is 17.0. The Bertz CT molecular complexity index is 1170. The van der Waals surface area contributed by atoms with Crippen molar-refractivity contribution in [2.75, 3.05) is 18.8 Å². The Kier molecular flexibility index (Phi) is 5.73. The van der Waals surface area contributed by atoms with Crippen molar-refractivity contribution in [3.8, 4) is 11.5 Å². The predicted octanol–water partition coefficient (Wildman–Crippen LogP) is 3.70. The monoisotopic (exact) mass is 433 g/mol. The summed E-state index contributed by atoms with van der Waals surface area (Å²) in [6.07, 6.45) is 2.83. The highest BCUT2D eigenvalue weighted by Gasteiger charge is 2.24. The Morgan fingerprint density at radius 3 is 2.90 bits per heavy atom. The van der Waals surface area contributed by atoms with E-state index in [0.29, 0.717) is 11.1 Å². The van der Waals surface area contributed by atoms with E-state index >= 15 is 0 Å². The molecule has 1 aliphatic rings. The zero-order chi connectivity index (χ0) is 21.0. The Morgan fingerprint density at radius 2 is 2.00 bits per heavy atom. The highest BCUT2D eigenvalue weighted by atomic mass is 32.2. The smallest absolute Gasteiger partial charge is 0.277 e. The number of para-hydroxylation sites is 1. The number of rotatable bonds is 7. The number of hydrogen-bond acceptors (Lipinski definition) is 6. The predicted molar refractivity (Wildman–Crippen MR) is 121 cm³/mol. The molecule has 1 atom stereocenters. The molecule has 0 saturated carbocycles. The van der Waals surface area contributed by atoms with Crippen LogP contribution in [0.25, 0.3) is 22.4 Å². The summed E-state index contributed by atoms with van der Waals surface area (Å²) in [5, 5.41) is 12.8. The van der Waals surface area contributed by atoms with Crippen LogP contribution in [0.2, 0.25) is 0 Å². The van der Waals surface area contributed by atoms with Crippen molar-refractivity contribution >= 4 is 28.6 Å². The van der Waals surface area contributed by atoms with Gasteiger partial charge in [0.05, 0.1) is 11.3 Å². The first kappa shape index (κ1) is 19.8. The molecule has 0 bridgehead atoms. The number of nitrogens with one attached hydrogen (secondary N) is 2. The third-order valence-electron chi connectivity index (χ3n) is 5.44. The van der Waals surface area contributed by atoms with Crippen molar-refractivity contribution < 1.29 is 9.21 Å². The standard InChI is InChI=1S/C23H23N5O2S/c29-21(25-17-10-11-28(14-17)13-16-6-2-1-3-7-16)15-31-23-27-26-22(30-23)19-12-24-20-9-5-4-8-18(19)20/h1-9,12,17,24H,10-11,13-15H2,(H,25,29). The van der Waals surface area contributed by atoms with E-state index in [2.05, 4.69) is 49.7 Å². The number of carbonyl (C=O) groups is 1. The maximum absolute atomic E-state index is 12.4. The molecular weight excluding hydrogens is 410 g/mol. The van der Waals surface area contributed by atoms with E-state index in [4.69, 9.17) is 4.42 Å². The van der Waals surface area contributed by atoms with Gasteiger partial charge in [0.2, 0.25) is 5.91 Å². The van der Waals surface area contributed by atoms with Gasteiger partial charge in [-0.25, -0.2) is 0 Å². The minimum absolute atomic E-state index is 0.0107. The first-order valence-electron chi connectivity index (χ1n) is 10.3. The quantitative estimate of drug-likeness (QED) is 0.432. The minimum Gasteiger partial charge on any atom is -0.411 e. The van der Waals surface area contributed by atoms with Crippen LogP contribution < -0.4 is 5.32 Å². The van der Waals surface area contributed by atoms with Gasteiger partial charge in [-0.05, 0) is 18.1 Å². The van der Waals surface area contributed by atoms with Crippen LogP contribution in [0.4, 0.5) is 0 Å². The lowest BCUT2D eigenvalue weighted by molar-refractivity contribution is -0.119. The van der Waals surface area contributed by atoms with E-state index < -0.39 is 0 Å². The zero-order valence-corrected chi connectivity index (χ0v) is 17.8. The minimum atomic E-state index is -0.0107. The normalized spacial score (nSPS) is 16.7. The molecule has 31 heavy (non-hydrogen) atoms. The van der Waals surface area contributed by atoms with Gasteiger partial charge in [0.1, 0.15) is 0 Å². The average molecular weight is 434 g/mol. The van der Waals surface area contributed by atoms with Crippen molar-refractivity contribution in [1.82, 2.24) is 25.4 Å². The van der Waals surface area contributed by atoms with Crippen molar-refractivity contribution in [2.24, 2.45) is 0 Å². The highest BCUT2D eigenvalue weighted by Crippen LogP contribution is 2.29. The molecule has 7 nitrogen and oxygen atoms in total. The summed E-state index contributed by atoms with van der Waals surface area (Å²) in [6, 6.07) is 18.6. The molecule has 0 radical (unpaired) electrons. The molecule has 2 aromatic carbocycles. The molecule has 1 fully saturated rings. The van der Waals surface area contributed by atoms with E-state index in [1.807, 2.05) is 36.5 Å². The molecule has 0 spiro atoms. The fourth-order valence-electron chi connectivity index (χ4n) is 3.96. The maximum Gasteiger partial charge on any atom is 0.277 e. The number of H-pyrrole nitrogens is 1. The summed E-state index contributed by atoms with van der Waals surface area (Å²) in [7, 11) is 0. The summed E-state index contributed by atoms with van der Waals surface area (Å²) < 4.78 is 5.77. The summed E-state index contributed by atoms with van der Waals surface area (Å²) in [5.41, 5.74) is 3.18. The van der Waals surface area contributed by atoms with E-state index in [-0.39, 0.29) is 17.7 Å². The van der Waals surface area contributed by atoms with Crippen LogP contribution >= 0.6 is 11.8 Å². The molecule has 1 unspecified atom stereocenters. The van der Waals surface area contributed by atoms with Gasteiger partial charge in [-0.3, -0.25) is 9.69 Å². The van der Waals surface area contributed by atoms with Crippen LogP contribution in [0.3, 0.4) is 0 Å². The molecule has 1 saturated heterocycles. The van der Waals surface area contributed by atoms with Gasteiger partial charge < -0.3 is 14.7 Å². The molecule has 0 aliphatic carbocycles. The Balaban J connectivity index is 1.11. The molecule has 8 heteroatoms. The Labute approximate surface area is 184 Å². The molecule has 1 aliphatic heterocycles. The van der Waals surface area contributed by atoms with E-state index in [0.717, 1.165) is 42.5 Å². The molecule has 2 aromatic heterocycles. The number of nitrogens with zero attached hydrogens (tertiary/aromatic N) is 3. The van der Waals surface area contributed by atoms with Gasteiger partial charge in [0, 0.05) is 42.8 Å². The summed E-state index contributed by atoms with van der Waals surface area (Å²) in [4.78, 5) is 18.0. The van der Waals surface area contributed by atoms with Crippen LogP contribution in [0.15, 0.2) is 70.4 Å². The first-order valence-corrected chi connectivity index (χ1v) is 11.3. The number of likely N-dealkylation sites (tertiary alicyclic amines) is 1.